The minimum Gasteiger partial charge on any atom is -0.351 e. The van der Waals surface area contributed by atoms with Gasteiger partial charge >= 0.3 is 0 Å². The van der Waals surface area contributed by atoms with Crippen LogP contribution in [-0.4, -0.2) is 44.4 Å². The van der Waals surface area contributed by atoms with Gasteiger partial charge in [-0.3, -0.25) is 4.79 Å². The van der Waals surface area contributed by atoms with Crippen LogP contribution in [0.5, 0.6) is 0 Å². The largest absolute Gasteiger partial charge is 0.351 e. The van der Waals surface area contributed by atoms with Crippen LogP contribution >= 0.6 is 11.8 Å². The Morgan fingerprint density at radius 3 is 2.83 bits per heavy atom. The Morgan fingerprint density at radius 2 is 2.17 bits per heavy atom. The van der Waals surface area contributed by atoms with Gasteiger partial charge in [0.15, 0.2) is 5.16 Å². The molecule has 130 valence electrons. The van der Waals surface area contributed by atoms with E-state index in [-0.39, 0.29) is 11.2 Å². The zero-order chi connectivity index (χ0) is 17.5. The van der Waals surface area contributed by atoms with E-state index in [4.69, 9.17) is 0 Å². The van der Waals surface area contributed by atoms with Crippen molar-refractivity contribution in [2.75, 3.05) is 13.6 Å². The summed E-state index contributed by atoms with van der Waals surface area (Å²) in [6, 6.07) is 8.34. The van der Waals surface area contributed by atoms with Crippen molar-refractivity contribution in [1.82, 2.24) is 25.0 Å². The lowest BCUT2D eigenvalue weighted by Crippen LogP contribution is -2.30. The Kier molecular flexibility index (Phi) is 6.81. The molecule has 0 saturated carbocycles. The third-order valence-electron chi connectivity index (χ3n) is 3.77. The van der Waals surface area contributed by atoms with E-state index in [1.165, 1.54) is 17.3 Å². The Bertz CT molecular complexity index is 673. The first-order valence-electron chi connectivity index (χ1n) is 8.04. The molecule has 0 aliphatic rings. The fourth-order valence-electron chi connectivity index (χ4n) is 2.19. The first-order chi connectivity index (χ1) is 11.5. The molecule has 0 saturated heterocycles. The quantitative estimate of drug-likeness (QED) is 0.741. The molecule has 1 aromatic heterocycles. The van der Waals surface area contributed by atoms with E-state index < -0.39 is 0 Å². The van der Waals surface area contributed by atoms with Gasteiger partial charge in [0.05, 0.1) is 5.25 Å². The van der Waals surface area contributed by atoms with Crippen molar-refractivity contribution in [1.29, 1.82) is 0 Å². The summed E-state index contributed by atoms with van der Waals surface area (Å²) in [5.41, 5.74) is 2.37. The van der Waals surface area contributed by atoms with Crippen molar-refractivity contribution in [3.8, 4) is 0 Å². The van der Waals surface area contributed by atoms with E-state index in [2.05, 4.69) is 46.5 Å². The predicted molar refractivity (Wildman–Crippen MR) is 96.6 cm³/mol. The lowest BCUT2D eigenvalue weighted by Gasteiger charge is -2.15. The molecule has 2 aromatic rings. The Balaban J connectivity index is 1.87. The maximum atomic E-state index is 12.3. The molecule has 2 rings (SSSR count). The fourth-order valence-corrected chi connectivity index (χ4v) is 3.00. The van der Waals surface area contributed by atoms with Crippen LogP contribution in [0.25, 0.3) is 0 Å². The summed E-state index contributed by atoms with van der Waals surface area (Å²) >= 11 is 1.41. The van der Waals surface area contributed by atoms with Gasteiger partial charge in [-0.25, -0.2) is 0 Å². The monoisotopic (exact) mass is 347 g/mol. The number of thioether (sulfide) groups is 1. The van der Waals surface area contributed by atoms with Crippen LogP contribution < -0.4 is 5.32 Å². The van der Waals surface area contributed by atoms with Crippen molar-refractivity contribution in [2.45, 2.75) is 37.3 Å². The molecule has 1 amide bonds. The molecule has 1 N–H and O–H groups in total. The van der Waals surface area contributed by atoms with Gasteiger partial charge in [0.1, 0.15) is 6.33 Å². The molecular weight excluding hydrogens is 322 g/mol. The topological polar surface area (TPSA) is 63.1 Å². The molecule has 0 fully saturated rings. The van der Waals surface area contributed by atoms with Crippen molar-refractivity contribution in [2.24, 2.45) is 7.05 Å². The van der Waals surface area contributed by atoms with E-state index >= 15 is 0 Å². The Morgan fingerprint density at radius 1 is 1.42 bits per heavy atom. The molecule has 0 spiro atoms. The first kappa shape index (κ1) is 18.5. The minimum atomic E-state index is -0.220. The zero-order valence-electron chi connectivity index (χ0n) is 14.7. The highest BCUT2D eigenvalue weighted by Crippen LogP contribution is 2.20. The van der Waals surface area contributed by atoms with Crippen LogP contribution in [0.1, 0.15) is 25.0 Å². The highest BCUT2D eigenvalue weighted by Gasteiger charge is 2.16. The summed E-state index contributed by atoms with van der Waals surface area (Å²) in [5.74, 6) is -0.000852. The van der Waals surface area contributed by atoms with Gasteiger partial charge in [-0.05, 0) is 31.6 Å². The summed E-state index contributed by atoms with van der Waals surface area (Å²) in [6.07, 6.45) is 1.63. The molecule has 1 aromatic carbocycles. The number of aryl methyl sites for hydroxylation is 1. The van der Waals surface area contributed by atoms with Crippen LogP contribution in [0.2, 0.25) is 0 Å². The average molecular weight is 347 g/mol. The maximum absolute atomic E-state index is 12.3. The second-order valence-electron chi connectivity index (χ2n) is 5.85. The van der Waals surface area contributed by atoms with E-state index in [0.29, 0.717) is 6.54 Å². The predicted octanol–water partition coefficient (Wildman–Crippen LogP) is 2.06. The van der Waals surface area contributed by atoms with Crippen molar-refractivity contribution in [3.05, 3.63) is 41.7 Å². The number of hydrogen-bond donors (Lipinski definition) is 1. The van der Waals surface area contributed by atoms with Gasteiger partial charge in [-0.2, -0.15) is 0 Å². The first-order valence-corrected chi connectivity index (χ1v) is 8.92. The lowest BCUT2D eigenvalue weighted by molar-refractivity contribution is -0.120. The van der Waals surface area contributed by atoms with Crippen LogP contribution in [0, 0.1) is 0 Å². The molecule has 0 bridgehead atoms. The van der Waals surface area contributed by atoms with E-state index in [9.17, 15) is 4.79 Å². The molecular formula is C17H25N5OS. The van der Waals surface area contributed by atoms with Crippen LogP contribution in [0.15, 0.2) is 35.7 Å². The van der Waals surface area contributed by atoms with Gasteiger partial charge in [0, 0.05) is 20.1 Å². The zero-order valence-corrected chi connectivity index (χ0v) is 15.5. The smallest absolute Gasteiger partial charge is 0.233 e. The number of aromatic nitrogens is 3. The standard InChI is InChI=1S/C17H25N5OS/c1-5-21(3)11-15-8-6-7-14(9-15)10-18-16(23)13(2)24-17-20-19-12-22(17)4/h6-9,12-13H,5,10-11H2,1-4H3,(H,18,23)/t13-/m1/s1. The second-order valence-corrected chi connectivity index (χ2v) is 7.16. The van der Waals surface area contributed by atoms with Crippen LogP contribution in [-0.2, 0) is 24.9 Å². The van der Waals surface area contributed by atoms with Gasteiger partial charge in [0.25, 0.3) is 0 Å². The molecule has 6 nitrogen and oxygen atoms in total. The molecule has 24 heavy (non-hydrogen) atoms. The normalized spacial score (nSPS) is 12.4. The number of amides is 1. The van der Waals surface area contributed by atoms with Crippen LogP contribution in [0.3, 0.4) is 0 Å². The van der Waals surface area contributed by atoms with Gasteiger partial charge in [-0.1, -0.05) is 43.0 Å². The average Bonchev–Trinajstić information content (AvgIpc) is 2.97. The highest BCUT2D eigenvalue weighted by molar-refractivity contribution is 8.00. The second kappa shape index (κ2) is 8.84. The number of carbonyl (C=O) groups excluding carboxylic acids is 1. The molecule has 7 heteroatoms. The van der Waals surface area contributed by atoms with Crippen molar-refractivity contribution in [3.63, 3.8) is 0 Å². The molecule has 0 aliphatic carbocycles. The summed E-state index contributed by atoms with van der Waals surface area (Å²) in [4.78, 5) is 14.5. The highest BCUT2D eigenvalue weighted by atomic mass is 32.2. The van der Waals surface area contributed by atoms with E-state index in [1.54, 1.807) is 6.33 Å². The maximum Gasteiger partial charge on any atom is 0.233 e. The summed E-state index contributed by atoms with van der Waals surface area (Å²) < 4.78 is 1.81. The van der Waals surface area contributed by atoms with Gasteiger partial charge in [0.2, 0.25) is 5.91 Å². The number of hydrogen-bond acceptors (Lipinski definition) is 5. The number of rotatable bonds is 8. The minimum absolute atomic E-state index is 0.000852. The van der Waals surface area contributed by atoms with Crippen molar-refractivity contribution < 1.29 is 4.79 Å². The van der Waals surface area contributed by atoms with Crippen LogP contribution in [0.4, 0.5) is 0 Å². The number of benzene rings is 1. The Hall–Kier alpha value is -1.86. The van der Waals surface area contributed by atoms with E-state index in [1.807, 2.05) is 30.7 Å². The summed E-state index contributed by atoms with van der Waals surface area (Å²) in [6.45, 7) is 6.47. The summed E-state index contributed by atoms with van der Waals surface area (Å²) in [7, 11) is 3.96. The number of nitrogens with zero attached hydrogens (tertiary/aromatic N) is 4. The van der Waals surface area contributed by atoms with Gasteiger partial charge in [-0.15, -0.1) is 10.2 Å². The molecule has 1 atom stereocenters. The van der Waals surface area contributed by atoms with E-state index in [0.717, 1.165) is 23.8 Å². The fraction of sp³-hybridized carbons (Fsp3) is 0.471. The number of nitrogens with one attached hydrogen (secondary N) is 1. The van der Waals surface area contributed by atoms with Gasteiger partial charge < -0.3 is 14.8 Å². The summed E-state index contributed by atoms with van der Waals surface area (Å²) in [5, 5.41) is 11.3. The lowest BCUT2D eigenvalue weighted by atomic mass is 10.1. The third kappa shape index (κ3) is 5.35. The third-order valence-corrected chi connectivity index (χ3v) is 4.92. The molecule has 1 heterocycles. The van der Waals surface area contributed by atoms with Crippen molar-refractivity contribution >= 4 is 17.7 Å². The molecule has 0 unspecified atom stereocenters. The number of carbonyl (C=O) groups is 1. The SMILES string of the molecule is CCN(C)Cc1cccc(CNC(=O)[C@@H](C)Sc2nncn2C)c1. The Labute approximate surface area is 147 Å². The molecule has 0 aliphatic heterocycles. The molecule has 0 radical (unpaired) electrons.